The molecule has 26 heavy (non-hydrogen) atoms. The summed E-state index contributed by atoms with van der Waals surface area (Å²) in [5.41, 5.74) is 2.27. The zero-order valence-electron chi connectivity index (χ0n) is 15.1. The highest BCUT2D eigenvalue weighted by Crippen LogP contribution is 2.21. The molecule has 1 fully saturated rings. The highest BCUT2D eigenvalue weighted by Gasteiger charge is 2.19. The average Bonchev–Trinajstić information content (AvgIpc) is 2.68. The van der Waals surface area contributed by atoms with Gasteiger partial charge in [-0.15, -0.1) is 0 Å². The van der Waals surface area contributed by atoms with Gasteiger partial charge in [0.05, 0.1) is 0 Å². The SMILES string of the molecule is O=C(/C=C/c1ccc(F)cc1)CCN1CCC(Cc2ccccc2)CC1. The number of carbonyl (C=O) groups is 1. The van der Waals surface area contributed by atoms with Crippen LogP contribution in [-0.2, 0) is 11.2 Å². The number of carbonyl (C=O) groups excluding carboxylic acids is 1. The maximum atomic E-state index is 12.9. The molecule has 0 radical (unpaired) electrons. The summed E-state index contributed by atoms with van der Waals surface area (Å²) in [7, 11) is 0. The standard InChI is InChI=1S/C23H26FNO/c24-22-9-6-19(7-10-22)8-11-23(26)14-17-25-15-12-21(13-16-25)18-20-4-2-1-3-5-20/h1-11,21H,12-18H2/b11-8+. The Morgan fingerprint density at radius 2 is 1.73 bits per heavy atom. The van der Waals surface area contributed by atoms with Crippen LogP contribution in [0.5, 0.6) is 0 Å². The first-order valence-electron chi connectivity index (χ1n) is 9.42. The van der Waals surface area contributed by atoms with Crippen LogP contribution in [0.4, 0.5) is 4.39 Å². The van der Waals surface area contributed by atoms with Gasteiger partial charge in [0.1, 0.15) is 5.82 Å². The Bertz CT molecular complexity index is 716. The van der Waals surface area contributed by atoms with E-state index in [1.165, 1.54) is 30.5 Å². The lowest BCUT2D eigenvalue weighted by Crippen LogP contribution is -2.35. The summed E-state index contributed by atoms with van der Waals surface area (Å²) in [5.74, 6) is 0.618. The number of piperidine rings is 1. The molecule has 0 spiro atoms. The second-order valence-electron chi connectivity index (χ2n) is 7.08. The van der Waals surface area contributed by atoms with Crippen LogP contribution in [0, 0.1) is 11.7 Å². The number of nitrogens with zero attached hydrogens (tertiary/aromatic N) is 1. The molecule has 1 aliphatic rings. The Balaban J connectivity index is 1.36. The lowest BCUT2D eigenvalue weighted by atomic mass is 9.90. The van der Waals surface area contributed by atoms with E-state index in [0.717, 1.165) is 37.5 Å². The summed E-state index contributed by atoms with van der Waals surface area (Å²) in [5, 5.41) is 0. The van der Waals surface area contributed by atoms with E-state index in [9.17, 15) is 9.18 Å². The minimum absolute atomic E-state index is 0.126. The van der Waals surface area contributed by atoms with Crippen LogP contribution in [0.25, 0.3) is 6.08 Å². The molecule has 0 atom stereocenters. The molecule has 2 aromatic rings. The van der Waals surface area contributed by atoms with E-state index >= 15 is 0 Å². The van der Waals surface area contributed by atoms with Crippen molar-refractivity contribution in [2.75, 3.05) is 19.6 Å². The summed E-state index contributed by atoms with van der Waals surface area (Å²) in [4.78, 5) is 14.4. The Labute approximate surface area is 155 Å². The normalized spacial score (nSPS) is 16.2. The molecule has 1 aliphatic heterocycles. The molecule has 0 bridgehead atoms. The number of ketones is 1. The van der Waals surface area contributed by atoms with Gasteiger partial charge >= 0.3 is 0 Å². The lowest BCUT2D eigenvalue weighted by molar-refractivity contribution is -0.114. The van der Waals surface area contributed by atoms with Gasteiger partial charge in [-0.05, 0) is 67.6 Å². The van der Waals surface area contributed by atoms with Crippen LogP contribution >= 0.6 is 0 Å². The lowest BCUT2D eigenvalue weighted by Gasteiger charge is -2.31. The van der Waals surface area contributed by atoms with Gasteiger partial charge in [0, 0.05) is 13.0 Å². The number of halogens is 1. The third-order valence-corrected chi connectivity index (χ3v) is 5.08. The Morgan fingerprint density at radius 3 is 2.42 bits per heavy atom. The van der Waals surface area contributed by atoms with Crippen LogP contribution < -0.4 is 0 Å². The fourth-order valence-electron chi connectivity index (χ4n) is 3.48. The number of likely N-dealkylation sites (tertiary alicyclic amines) is 1. The Hall–Kier alpha value is -2.26. The third-order valence-electron chi connectivity index (χ3n) is 5.08. The van der Waals surface area contributed by atoms with Gasteiger partial charge in [0.25, 0.3) is 0 Å². The van der Waals surface area contributed by atoms with Gasteiger partial charge in [0.2, 0.25) is 0 Å². The minimum atomic E-state index is -0.260. The van der Waals surface area contributed by atoms with Crippen molar-refractivity contribution >= 4 is 11.9 Å². The van der Waals surface area contributed by atoms with Crippen molar-refractivity contribution in [1.82, 2.24) is 4.90 Å². The molecule has 136 valence electrons. The molecule has 1 saturated heterocycles. The molecular formula is C23H26FNO. The molecule has 1 heterocycles. The number of hydrogen-bond donors (Lipinski definition) is 0. The molecule has 2 aromatic carbocycles. The molecular weight excluding hydrogens is 325 g/mol. The van der Waals surface area contributed by atoms with Gasteiger partial charge in [-0.25, -0.2) is 4.39 Å². The molecule has 2 nitrogen and oxygen atoms in total. The highest BCUT2D eigenvalue weighted by atomic mass is 19.1. The average molecular weight is 351 g/mol. The third kappa shape index (κ3) is 5.92. The summed E-state index contributed by atoms with van der Waals surface area (Å²) in [6, 6.07) is 16.9. The molecule has 0 aromatic heterocycles. The molecule has 0 N–H and O–H groups in total. The van der Waals surface area contributed by atoms with E-state index in [4.69, 9.17) is 0 Å². The fourth-order valence-corrected chi connectivity index (χ4v) is 3.48. The zero-order chi connectivity index (χ0) is 18.2. The number of hydrogen-bond acceptors (Lipinski definition) is 2. The van der Waals surface area contributed by atoms with E-state index in [-0.39, 0.29) is 11.6 Å². The second-order valence-corrected chi connectivity index (χ2v) is 7.08. The van der Waals surface area contributed by atoms with Crippen LogP contribution in [-0.4, -0.2) is 30.3 Å². The molecule has 0 saturated carbocycles. The number of allylic oxidation sites excluding steroid dienone is 1. The largest absolute Gasteiger partial charge is 0.303 e. The Morgan fingerprint density at radius 1 is 1.04 bits per heavy atom. The first kappa shape index (κ1) is 18.5. The molecule has 3 heteroatoms. The van der Waals surface area contributed by atoms with E-state index in [2.05, 4.69) is 35.2 Å². The smallest absolute Gasteiger partial charge is 0.156 e. The van der Waals surface area contributed by atoms with Crippen molar-refractivity contribution in [3.8, 4) is 0 Å². The first-order chi connectivity index (χ1) is 12.7. The predicted octanol–water partition coefficient (Wildman–Crippen LogP) is 4.75. The van der Waals surface area contributed by atoms with Crippen LogP contribution in [0.15, 0.2) is 60.7 Å². The summed E-state index contributed by atoms with van der Waals surface area (Å²) < 4.78 is 12.9. The van der Waals surface area contributed by atoms with Crippen molar-refractivity contribution < 1.29 is 9.18 Å². The summed E-state index contributed by atoms with van der Waals surface area (Å²) >= 11 is 0. The molecule has 3 rings (SSSR count). The van der Waals surface area contributed by atoms with Gasteiger partial charge in [-0.2, -0.15) is 0 Å². The van der Waals surface area contributed by atoms with Crippen molar-refractivity contribution in [2.24, 2.45) is 5.92 Å². The van der Waals surface area contributed by atoms with E-state index in [1.807, 2.05) is 0 Å². The highest BCUT2D eigenvalue weighted by molar-refractivity contribution is 5.93. The Kier molecular flexibility index (Phi) is 6.73. The van der Waals surface area contributed by atoms with Crippen LogP contribution in [0.2, 0.25) is 0 Å². The molecule has 0 amide bonds. The minimum Gasteiger partial charge on any atom is -0.303 e. The predicted molar refractivity (Wildman–Crippen MR) is 104 cm³/mol. The van der Waals surface area contributed by atoms with E-state index in [1.54, 1.807) is 24.3 Å². The van der Waals surface area contributed by atoms with Crippen molar-refractivity contribution in [1.29, 1.82) is 0 Å². The number of rotatable bonds is 7. The topological polar surface area (TPSA) is 20.3 Å². The maximum Gasteiger partial charge on any atom is 0.156 e. The zero-order valence-corrected chi connectivity index (χ0v) is 15.1. The fraction of sp³-hybridized carbons (Fsp3) is 0.348. The second kappa shape index (κ2) is 9.44. The molecule has 0 unspecified atom stereocenters. The van der Waals surface area contributed by atoms with E-state index in [0.29, 0.717) is 6.42 Å². The van der Waals surface area contributed by atoms with E-state index < -0.39 is 0 Å². The van der Waals surface area contributed by atoms with Crippen LogP contribution in [0.3, 0.4) is 0 Å². The summed E-state index contributed by atoms with van der Waals surface area (Å²) in [6.45, 7) is 2.98. The van der Waals surface area contributed by atoms with Crippen molar-refractivity contribution in [3.63, 3.8) is 0 Å². The van der Waals surface area contributed by atoms with Crippen LogP contribution in [0.1, 0.15) is 30.4 Å². The van der Waals surface area contributed by atoms with Crippen molar-refractivity contribution in [2.45, 2.75) is 25.7 Å². The maximum absolute atomic E-state index is 12.9. The first-order valence-corrected chi connectivity index (χ1v) is 9.42. The van der Waals surface area contributed by atoms with Crippen molar-refractivity contribution in [3.05, 3.63) is 77.6 Å². The van der Waals surface area contributed by atoms with Gasteiger partial charge in [0.15, 0.2) is 5.78 Å². The quantitative estimate of drug-likeness (QED) is 0.671. The number of benzene rings is 2. The van der Waals surface area contributed by atoms with Gasteiger partial charge in [-0.3, -0.25) is 4.79 Å². The summed E-state index contributed by atoms with van der Waals surface area (Å²) in [6.07, 6.45) is 7.47. The van der Waals surface area contributed by atoms with Gasteiger partial charge in [-0.1, -0.05) is 48.5 Å². The monoisotopic (exact) mass is 351 g/mol. The van der Waals surface area contributed by atoms with Gasteiger partial charge < -0.3 is 4.90 Å². The molecule has 0 aliphatic carbocycles.